The van der Waals surface area contributed by atoms with Crippen molar-refractivity contribution in [1.29, 1.82) is 0 Å². The number of carbonyl (C=O) groups excluding carboxylic acids is 1. The average Bonchev–Trinajstić information content (AvgIpc) is 2.75. The molecule has 0 saturated carbocycles. The van der Waals surface area contributed by atoms with E-state index in [0.29, 0.717) is 21.2 Å². The van der Waals surface area contributed by atoms with Crippen LogP contribution in [0.25, 0.3) is 11.0 Å². The Morgan fingerprint density at radius 2 is 2.25 bits per heavy atom. The van der Waals surface area contributed by atoms with Gasteiger partial charge in [0.2, 0.25) is 5.91 Å². The first kappa shape index (κ1) is 14.7. The Labute approximate surface area is 123 Å². The fourth-order valence-corrected chi connectivity index (χ4v) is 2.81. The summed E-state index contributed by atoms with van der Waals surface area (Å²) < 4.78 is 1.61. The molecule has 0 spiro atoms. The number of carboxylic acids is 1. The van der Waals surface area contributed by atoms with Gasteiger partial charge in [0.1, 0.15) is 11.6 Å². The predicted molar refractivity (Wildman–Crippen MR) is 77.0 cm³/mol. The summed E-state index contributed by atoms with van der Waals surface area (Å²) in [4.78, 5) is 26.4. The molecule has 1 aromatic carbocycles. The number of hydrogen-bond acceptors (Lipinski definition) is 4. The van der Waals surface area contributed by atoms with Crippen LogP contribution in [0.1, 0.15) is 13.0 Å². The highest BCUT2D eigenvalue weighted by molar-refractivity contribution is 7.99. The van der Waals surface area contributed by atoms with Crippen molar-refractivity contribution in [2.45, 2.75) is 18.1 Å². The zero-order chi connectivity index (χ0) is 14.9. The molecule has 106 valence electrons. The van der Waals surface area contributed by atoms with Crippen molar-refractivity contribution in [2.75, 3.05) is 5.75 Å². The topological polar surface area (TPSA) is 98.2 Å². The SMILES string of the molecule is CC(C(N)=O)n1c(SCC(=O)O)nc2c(Cl)cccc21. The number of nitrogens with zero attached hydrogens (tertiary/aromatic N) is 2. The third-order valence-electron chi connectivity index (χ3n) is 2.76. The molecular formula is C12H12ClN3O3S. The van der Waals surface area contributed by atoms with Gasteiger partial charge in [0.25, 0.3) is 0 Å². The smallest absolute Gasteiger partial charge is 0.313 e. The number of imidazole rings is 1. The lowest BCUT2D eigenvalue weighted by Crippen LogP contribution is -2.24. The minimum atomic E-state index is -0.966. The fraction of sp³-hybridized carbons (Fsp3) is 0.250. The summed E-state index contributed by atoms with van der Waals surface area (Å²) in [5, 5.41) is 9.61. The molecule has 1 amide bonds. The van der Waals surface area contributed by atoms with Gasteiger partial charge >= 0.3 is 5.97 Å². The number of hydrogen-bond donors (Lipinski definition) is 2. The van der Waals surface area contributed by atoms with Crippen molar-refractivity contribution >= 4 is 46.3 Å². The molecule has 0 radical (unpaired) electrons. The molecule has 0 fully saturated rings. The normalized spacial score (nSPS) is 12.5. The van der Waals surface area contributed by atoms with Gasteiger partial charge in [0.15, 0.2) is 5.16 Å². The van der Waals surface area contributed by atoms with Crippen LogP contribution in [0.4, 0.5) is 0 Å². The largest absolute Gasteiger partial charge is 0.481 e. The average molecular weight is 314 g/mol. The van der Waals surface area contributed by atoms with E-state index >= 15 is 0 Å². The van der Waals surface area contributed by atoms with Crippen molar-refractivity contribution in [3.8, 4) is 0 Å². The molecule has 0 aliphatic rings. The molecule has 1 heterocycles. The molecule has 1 aromatic heterocycles. The van der Waals surface area contributed by atoms with Crippen LogP contribution in [0.15, 0.2) is 23.4 Å². The minimum Gasteiger partial charge on any atom is -0.481 e. The lowest BCUT2D eigenvalue weighted by Gasteiger charge is -2.13. The Bertz CT molecular complexity index is 686. The van der Waals surface area contributed by atoms with E-state index in [1.54, 1.807) is 29.7 Å². The third kappa shape index (κ3) is 2.73. The van der Waals surface area contributed by atoms with Crippen LogP contribution in [-0.2, 0) is 9.59 Å². The number of carboxylic acid groups (broad SMARTS) is 1. The second-order valence-electron chi connectivity index (χ2n) is 4.13. The van der Waals surface area contributed by atoms with E-state index < -0.39 is 17.9 Å². The van der Waals surface area contributed by atoms with Crippen molar-refractivity contribution < 1.29 is 14.7 Å². The zero-order valence-electron chi connectivity index (χ0n) is 10.5. The van der Waals surface area contributed by atoms with Crippen LogP contribution >= 0.6 is 23.4 Å². The number of carbonyl (C=O) groups is 2. The highest BCUT2D eigenvalue weighted by Crippen LogP contribution is 2.31. The number of thioether (sulfide) groups is 1. The maximum atomic E-state index is 11.4. The van der Waals surface area contributed by atoms with Gasteiger partial charge in [-0.3, -0.25) is 9.59 Å². The fourth-order valence-electron chi connectivity index (χ4n) is 1.79. The first-order chi connectivity index (χ1) is 9.41. The second-order valence-corrected chi connectivity index (χ2v) is 5.48. The molecule has 20 heavy (non-hydrogen) atoms. The Balaban J connectivity index is 2.59. The van der Waals surface area contributed by atoms with Gasteiger partial charge < -0.3 is 15.4 Å². The van der Waals surface area contributed by atoms with E-state index in [1.165, 1.54) is 0 Å². The molecule has 1 atom stereocenters. The molecule has 2 rings (SSSR count). The van der Waals surface area contributed by atoms with Crippen molar-refractivity contribution in [3.63, 3.8) is 0 Å². The van der Waals surface area contributed by atoms with Crippen LogP contribution in [0, 0.1) is 0 Å². The van der Waals surface area contributed by atoms with Gasteiger partial charge in [-0.15, -0.1) is 0 Å². The van der Waals surface area contributed by atoms with Crippen molar-refractivity contribution in [3.05, 3.63) is 23.2 Å². The molecule has 0 aliphatic heterocycles. The summed E-state index contributed by atoms with van der Waals surface area (Å²) in [6, 6.07) is 4.54. The van der Waals surface area contributed by atoms with Gasteiger partial charge in [-0.05, 0) is 19.1 Å². The Kier molecular flexibility index (Phi) is 4.20. The second kappa shape index (κ2) is 5.72. The minimum absolute atomic E-state index is 0.160. The van der Waals surface area contributed by atoms with Crippen molar-refractivity contribution in [1.82, 2.24) is 9.55 Å². The van der Waals surface area contributed by atoms with E-state index in [4.69, 9.17) is 22.4 Å². The van der Waals surface area contributed by atoms with E-state index in [2.05, 4.69) is 4.98 Å². The van der Waals surface area contributed by atoms with Gasteiger partial charge in [0, 0.05) is 0 Å². The number of rotatable bonds is 5. The molecular weight excluding hydrogens is 302 g/mol. The lowest BCUT2D eigenvalue weighted by atomic mass is 10.2. The highest BCUT2D eigenvalue weighted by Gasteiger charge is 2.21. The molecule has 3 N–H and O–H groups in total. The van der Waals surface area contributed by atoms with E-state index in [9.17, 15) is 9.59 Å². The molecule has 8 heteroatoms. The molecule has 1 unspecified atom stereocenters. The van der Waals surface area contributed by atoms with E-state index in [0.717, 1.165) is 11.8 Å². The summed E-state index contributed by atoms with van der Waals surface area (Å²) in [7, 11) is 0. The number of halogens is 1. The summed E-state index contributed by atoms with van der Waals surface area (Å²) in [6.07, 6.45) is 0. The maximum Gasteiger partial charge on any atom is 0.313 e. The number of aromatic nitrogens is 2. The molecule has 2 aromatic rings. The number of aliphatic carboxylic acids is 1. The van der Waals surface area contributed by atoms with Crippen LogP contribution < -0.4 is 5.73 Å². The van der Waals surface area contributed by atoms with Gasteiger partial charge in [-0.2, -0.15) is 0 Å². The summed E-state index contributed by atoms with van der Waals surface area (Å²) in [5.74, 6) is -1.65. The molecule has 0 saturated heterocycles. The quantitative estimate of drug-likeness (QED) is 0.822. The van der Waals surface area contributed by atoms with Crippen molar-refractivity contribution in [2.24, 2.45) is 5.73 Å². The number of benzene rings is 1. The Hall–Kier alpha value is -1.73. The zero-order valence-corrected chi connectivity index (χ0v) is 12.1. The Morgan fingerprint density at radius 3 is 2.85 bits per heavy atom. The van der Waals surface area contributed by atoms with E-state index in [-0.39, 0.29) is 5.75 Å². The van der Waals surface area contributed by atoms with Crippen LogP contribution in [0.5, 0.6) is 0 Å². The molecule has 6 nitrogen and oxygen atoms in total. The summed E-state index contributed by atoms with van der Waals surface area (Å²) in [5.41, 5.74) is 6.51. The number of fused-ring (bicyclic) bond motifs is 1. The van der Waals surface area contributed by atoms with Gasteiger partial charge in [0.05, 0.1) is 16.3 Å². The summed E-state index contributed by atoms with van der Waals surface area (Å²) in [6.45, 7) is 1.63. The highest BCUT2D eigenvalue weighted by atomic mass is 35.5. The number of nitrogens with two attached hydrogens (primary N) is 1. The predicted octanol–water partition coefficient (Wildman–Crippen LogP) is 1.91. The van der Waals surface area contributed by atoms with Crippen LogP contribution in [0.3, 0.4) is 0 Å². The number of primary amides is 1. The number of para-hydroxylation sites is 1. The first-order valence-corrected chi connectivity index (χ1v) is 7.08. The Morgan fingerprint density at radius 1 is 1.55 bits per heavy atom. The summed E-state index contributed by atoms with van der Waals surface area (Å²) >= 11 is 7.09. The maximum absolute atomic E-state index is 11.4. The molecule has 0 aliphatic carbocycles. The lowest BCUT2D eigenvalue weighted by molar-refractivity contribution is -0.133. The standard InChI is InChI=1S/C12H12ClN3O3S/c1-6(11(14)19)16-8-4-2-3-7(13)10(8)15-12(16)20-5-9(17)18/h2-4,6H,5H2,1H3,(H2,14,19)(H,17,18). The molecule has 0 bridgehead atoms. The monoisotopic (exact) mass is 313 g/mol. The van der Waals surface area contributed by atoms with Crippen LogP contribution in [0.2, 0.25) is 5.02 Å². The number of amides is 1. The van der Waals surface area contributed by atoms with E-state index in [1.807, 2.05) is 0 Å². The first-order valence-electron chi connectivity index (χ1n) is 5.72. The van der Waals surface area contributed by atoms with Gasteiger partial charge in [-0.25, -0.2) is 4.98 Å². The van der Waals surface area contributed by atoms with Gasteiger partial charge in [-0.1, -0.05) is 29.4 Å². The van der Waals surface area contributed by atoms with Crippen LogP contribution in [-0.4, -0.2) is 32.3 Å². The third-order valence-corrected chi connectivity index (χ3v) is 4.00.